The lowest BCUT2D eigenvalue weighted by atomic mass is 10.0. The van der Waals surface area contributed by atoms with E-state index in [0.717, 1.165) is 49.1 Å². The summed E-state index contributed by atoms with van der Waals surface area (Å²) in [6.07, 6.45) is 4.46. The number of fused-ring (bicyclic) bond motifs is 1. The number of hydrogen-bond acceptors (Lipinski definition) is 8. The lowest BCUT2D eigenvalue weighted by Crippen LogP contribution is -2.53. The van der Waals surface area contributed by atoms with Crippen molar-refractivity contribution >= 4 is 29.8 Å². The Morgan fingerprint density at radius 1 is 1.21 bits per heavy atom. The fraction of sp³-hybridized carbons (Fsp3) is 0.370. The number of ether oxygens (including phenoxy) is 2. The van der Waals surface area contributed by atoms with Crippen molar-refractivity contribution in [2.75, 3.05) is 26.3 Å². The smallest absolute Gasteiger partial charge is 0.261 e. The number of aromatic nitrogens is 2. The Kier molecular flexibility index (Phi) is 7.47. The maximum Gasteiger partial charge on any atom is 0.261 e. The highest BCUT2D eigenvalue weighted by Gasteiger charge is 2.35. The quantitative estimate of drug-likeness (QED) is 0.351. The van der Waals surface area contributed by atoms with Crippen LogP contribution in [-0.4, -0.2) is 75.7 Å². The van der Waals surface area contributed by atoms with Gasteiger partial charge in [0.2, 0.25) is 18.2 Å². The predicted molar refractivity (Wildman–Crippen MR) is 135 cm³/mol. The summed E-state index contributed by atoms with van der Waals surface area (Å²) in [5.74, 6) is -1.24. The number of amides is 4. The number of carbonyl (C=O) groups excluding carboxylic acids is 4. The molecule has 2 saturated heterocycles. The molecule has 2 aromatic heterocycles. The van der Waals surface area contributed by atoms with E-state index in [4.69, 9.17) is 9.47 Å². The highest BCUT2D eigenvalue weighted by molar-refractivity contribution is 6.07. The molecule has 2 aliphatic heterocycles. The largest absolute Gasteiger partial charge is 0.487 e. The summed E-state index contributed by atoms with van der Waals surface area (Å²) in [4.78, 5) is 56.5. The van der Waals surface area contributed by atoms with Gasteiger partial charge in [0, 0.05) is 49.6 Å². The molecule has 198 valence electrons. The van der Waals surface area contributed by atoms with Gasteiger partial charge < -0.3 is 13.9 Å². The summed E-state index contributed by atoms with van der Waals surface area (Å²) >= 11 is 0. The Morgan fingerprint density at radius 3 is 2.79 bits per heavy atom. The van der Waals surface area contributed by atoms with E-state index in [1.807, 2.05) is 16.7 Å². The number of imidazole rings is 1. The number of imide groups is 2. The SMILES string of the molecule is Cc1c(OCc2cn3cc(CN4CCOCC4)ccc3n2)cccc1C(=O)N(C=O)C1CCC(=O)NC1=O. The minimum atomic E-state index is -1.03. The van der Waals surface area contributed by atoms with Gasteiger partial charge in [0.15, 0.2) is 0 Å². The summed E-state index contributed by atoms with van der Waals surface area (Å²) < 4.78 is 13.4. The minimum Gasteiger partial charge on any atom is -0.487 e. The number of benzene rings is 1. The first-order valence-corrected chi connectivity index (χ1v) is 12.5. The van der Waals surface area contributed by atoms with Crippen LogP contribution in [0.5, 0.6) is 5.75 Å². The molecule has 0 spiro atoms. The highest BCUT2D eigenvalue weighted by Crippen LogP contribution is 2.25. The highest BCUT2D eigenvalue weighted by atomic mass is 16.5. The Balaban J connectivity index is 1.27. The molecule has 0 radical (unpaired) electrons. The molecule has 38 heavy (non-hydrogen) atoms. The van der Waals surface area contributed by atoms with E-state index in [-0.39, 0.29) is 25.0 Å². The van der Waals surface area contributed by atoms with Gasteiger partial charge in [-0.1, -0.05) is 12.1 Å². The van der Waals surface area contributed by atoms with E-state index in [0.29, 0.717) is 17.7 Å². The summed E-state index contributed by atoms with van der Waals surface area (Å²) in [7, 11) is 0. The predicted octanol–water partition coefficient (Wildman–Crippen LogP) is 1.46. The van der Waals surface area contributed by atoms with Crippen molar-refractivity contribution in [2.24, 2.45) is 0 Å². The second kappa shape index (κ2) is 11.1. The fourth-order valence-corrected chi connectivity index (χ4v) is 4.77. The van der Waals surface area contributed by atoms with Crippen LogP contribution in [0.15, 0.2) is 42.7 Å². The molecule has 11 nitrogen and oxygen atoms in total. The van der Waals surface area contributed by atoms with Gasteiger partial charge in [-0.25, -0.2) is 4.98 Å². The van der Waals surface area contributed by atoms with Crippen molar-refractivity contribution in [1.82, 2.24) is 24.5 Å². The van der Waals surface area contributed by atoms with Crippen LogP contribution in [0.25, 0.3) is 5.65 Å². The molecule has 2 fully saturated rings. The molecule has 4 heterocycles. The Bertz CT molecular complexity index is 1380. The monoisotopic (exact) mass is 519 g/mol. The lowest BCUT2D eigenvalue weighted by Gasteiger charge is -2.28. The summed E-state index contributed by atoms with van der Waals surface area (Å²) in [6, 6.07) is 7.99. The maximum atomic E-state index is 13.2. The van der Waals surface area contributed by atoms with Gasteiger partial charge >= 0.3 is 0 Å². The zero-order valence-corrected chi connectivity index (χ0v) is 21.1. The molecule has 11 heteroatoms. The van der Waals surface area contributed by atoms with Crippen molar-refractivity contribution in [3.8, 4) is 5.75 Å². The molecular formula is C27H29N5O6. The van der Waals surface area contributed by atoms with Gasteiger partial charge in [0.25, 0.3) is 5.91 Å². The van der Waals surface area contributed by atoms with Crippen LogP contribution in [-0.2, 0) is 32.3 Å². The van der Waals surface area contributed by atoms with Crippen molar-refractivity contribution < 1.29 is 28.7 Å². The number of nitrogens with one attached hydrogen (secondary N) is 1. The molecule has 0 bridgehead atoms. The van der Waals surface area contributed by atoms with Crippen LogP contribution in [0, 0.1) is 6.92 Å². The summed E-state index contributed by atoms with van der Waals surface area (Å²) in [5.41, 5.74) is 3.49. The zero-order valence-electron chi connectivity index (χ0n) is 21.1. The molecule has 1 aromatic carbocycles. The van der Waals surface area contributed by atoms with Crippen molar-refractivity contribution in [3.63, 3.8) is 0 Å². The summed E-state index contributed by atoms with van der Waals surface area (Å²) in [6.45, 7) is 6.09. The van der Waals surface area contributed by atoms with Crippen LogP contribution in [0.2, 0.25) is 0 Å². The average molecular weight is 520 g/mol. The number of rotatable bonds is 8. The lowest BCUT2D eigenvalue weighted by molar-refractivity contribution is -0.139. The second-order valence-electron chi connectivity index (χ2n) is 9.43. The molecule has 1 atom stereocenters. The molecule has 1 N–H and O–H groups in total. The molecule has 1 unspecified atom stereocenters. The Hall–Kier alpha value is -4.09. The third kappa shape index (κ3) is 5.43. The van der Waals surface area contributed by atoms with E-state index >= 15 is 0 Å². The topological polar surface area (TPSA) is 123 Å². The van der Waals surface area contributed by atoms with Crippen molar-refractivity contribution in [1.29, 1.82) is 0 Å². The zero-order chi connectivity index (χ0) is 26.6. The average Bonchev–Trinajstić information content (AvgIpc) is 3.32. The van der Waals surface area contributed by atoms with Crippen LogP contribution in [0.4, 0.5) is 0 Å². The minimum absolute atomic E-state index is 0.0594. The first-order valence-electron chi connectivity index (χ1n) is 12.5. The van der Waals surface area contributed by atoms with E-state index in [1.165, 1.54) is 5.56 Å². The van der Waals surface area contributed by atoms with Gasteiger partial charge in [-0.15, -0.1) is 0 Å². The number of hydrogen-bond donors (Lipinski definition) is 1. The van der Waals surface area contributed by atoms with E-state index in [9.17, 15) is 19.2 Å². The Labute approximate surface area is 219 Å². The summed E-state index contributed by atoms with van der Waals surface area (Å²) in [5, 5.41) is 2.18. The first kappa shape index (κ1) is 25.6. The van der Waals surface area contributed by atoms with E-state index in [2.05, 4.69) is 27.5 Å². The standard InChI is InChI=1S/C27H29N5O6/c1-18-21(27(36)32(17-33)22-6-8-25(34)29-26(22)35)3-2-4-23(18)38-16-20-15-31-14-19(5-7-24(31)28-20)13-30-9-11-37-12-10-30/h2-5,7,14-15,17,22H,6,8-13,16H2,1H3,(H,29,34,35). The van der Waals surface area contributed by atoms with Gasteiger partial charge in [0.1, 0.15) is 24.0 Å². The van der Waals surface area contributed by atoms with Gasteiger partial charge in [-0.05, 0) is 37.1 Å². The molecule has 0 aliphatic carbocycles. The molecule has 4 amide bonds. The number of carbonyl (C=O) groups is 4. The van der Waals surface area contributed by atoms with E-state index < -0.39 is 23.8 Å². The normalized spacial score (nSPS) is 18.3. The maximum absolute atomic E-state index is 13.2. The Morgan fingerprint density at radius 2 is 2.03 bits per heavy atom. The third-order valence-electron chi connectivity index (χ3n) is 6.86. The molecule has 5 rings (SSSR count). The number of morpholine rings is 1. The number of nitrogens with zero attached hydrogens (tertiary/aromatic N) is 4. The molecule has 3 aromatic rings. The van der Waals surface area contributed by atoms with Crippen molar-refractivity contribution in [2.45, 2.75) is 39.0 Å². The number of pyridine rings is 1. The first-order chi connectivity index (χ1) is 18.4. The molecule has 2 aliphatic rings. The van der Waals surface area contributed by atoms with Gasteiger partial charge in [-0.3, -0.25) is 34.3 Å². The van der Waals surface area contributed by atoms with Crippen LogP contribution < -0.4 is 10.1 Å². The van der Waals surface area contributed by atoms with Gasteiger partial charge in [-0.2, -0.15) is 0 Å². The van der Waals surface area contributed by atoms with Gasteiger partial charge in [0.05, 0.1) is 18.9 Å². The fourth-order valence-electron chi connectivity index (χ4n) is 4.77. The van der Waals surface area contributed by atoms with Crippen LogP contribution in [0.1, 0.15) is 40.0 Å². The molecular weight excluding hydrogens is 490 g/mol. The molecule has 0 saturated carbocycles. The van der Waals surface area contributed by atoms with Crippen LogP contribution >= 0.6 is 0 Å². The van der Waals surface area contributed by atoms with E-state index in [1.54, 1.807) is 25.1 Å². The third-order valence-corrected chi connectivity index (χ3v) is 6.86. The number of piperidine rings is 1. The van der Waals surface area contributed by atoms with Crippen molar-refractivity contribution in [3.05, 3.63) is 65.1 Å². The van der Waals surface area contributed by atoms with Crippen LogP contribution in [0.3, 0.4) is 0 Å². The second-order valence-corrected chi connectivity index (χ2v) is 9.43.